The molecule has 0 aromatic heterocycles. The minimum atomic E-state index is -0.0870. The Bertz CT molecular complexity index is 2890. The Labute approximate surface area is 332 Å². The summed E-state index contributed by atoms with van der Waals surface area (Å²) < 4.78 is 0. The number of benzene rings is 9. The lowest BCUT2D eigenvalue weighted by Crippen LogP contribution is -2.54. The van der Waals surface area contributed by atoms with Gasteiger partial charge in [0.15, 0.2) is 0 Å². The van der Waals surface area contributed by atoms with E-state index in [2.05, 4.69) is 226 Å². The molecule has 0 aliphatic carbocycles. The summed E-state index contributed by atoms with van der Waals surface area (Å²) >= 11 is 0. The predicted octanol–water partition coefficient (Wildman–Crippen LogP) is 12.3. The highest BCUT2D eigenvalue weighted by atomic mass is 15.4. The van der Waals surface area contributed by atoms with Crippen LogP contribution in [0, 0.1) is 0 Å². The summed E-state index contributed by atoms with van der Waals surface area (Å²) in [5.41, 5.74) is 10.7. The topological polar surface area (TPSA) is 51.4 Å². The summed E-state index contributed by atoms with van der Waals surface area (Å²) in [6.45, 7) is 0. The molecule has 2 aliphatic heterocycles. The normalized spacial score (nSPS) is 19.1. The first-order chi connectivity index (χ1) is 28.2. The van der Waals surface area contributed by atoms with Crippen molar-refractivity contribution in [3.63, 3.8) is 0 Å². The summed E-state index contributed by atoms with van der Waals surface area (Å²) in [7, 11) is 0. The Hall–Kier alpha value is -6.76. The molecule has 5 heteroatoms. The summed E-state index contributed by atoms with van der Waals surface area (Å²) in [4.78, 5) is 2.43. The van der Waals surface area contributed by atoms with Crippen LogP contribution in [0.4, 0.5) is 17.1 Å². The number of hydrogen-bond acceptors (Lipinski definition) is 5. The number of nitrogens with zero attached hydrogens (tertiary/aromatic N) is 1. The van der Waals surface area contributed by atoms with Crippen molar-refractivity contribution in [1.82, 2.24) is 16.0 Å². The minimum absolute atomic E-state index is 0.0222. The van der Waals surface area contributed by atoms with Crippen LogP contribution in [0.3, 0.4) is 0 Å². The number of nitrogens with one attached hydrogen (secondary N) is 4. The largest absolute Gasteiger partial charge is 0.359 e. The van der Waals surface area contributed by atoms with Gasteiger partial charge in [-0.05, 0) is 96.7 Å². The van der Waals surface area contributed by atoms with Crippen molar-refractivity contribution in [3.05, 3.63) is 222 Å². The third kappa shape index (κ3) is 6.10. The second-order valence-corrected chi connectivity index (χ2v) is 15.2. The molecule has 9 aromatic rings. The molecule has 2 aliphatic rings. The molecule has 1 saturated heterocycles. The van der Waals surface area contributed by atoms with Crippen molar-refractivity contribution in [3.8, 4) is 11.1 Å². The second-order valence-electron chi connectivity index (χ2n) is 15.2. The molecule has 11 rings (SSSR count). The van der Waals surface area contributed by atoms with E-state index in [-0.39, 0.29) is 24.7 Å². The molecule has 0 bridgehead atoms. The van der Waals surface area contributed by atoms with E-state index in [1.807, 2.05) is 0 Å². The first-order valence-corrected chi connectivity index (χ1v) is 19.8. The van der Waals surface area contributed by atoms with Gasteiger partial charge < -0.3 is 10.2 Å². The minimum Gasteiger partial charge on any atom is -0.359 e. The molecule has 0 amide bonds. The zero-order valence-electron chi connectivity index (χ0n) is 31.3. The molecule has 57 heavy (non-hydrogen) atoms. The first-order valence-electron chi connectivity index (χ1n) is 19.8. The van der Waals surface area contributed by atoms with Crippen molar-refractivity contribution >= 4 is 49.4 Å². The van der Waals surface area contributed by atoms with Gasteiger partial charge in [-0.25, -0.2) is 0 Å². The molecule has 274 valence electrons. The molecule has 1 fully saturated rings. The lowest BCUT2D eigenvalue weighted by molar-refractivity contribution is 0.203. The smallest absolute Gasteiger partial charge is 0.130 e. The van der Waals surface area contributed by atoms with Crippen molar-refractivity contribution in [1.29, 1.82) is 0 Å². The van der Waals surface area contributed by atoms with Gasteiger partial charge in [0.25, 0.3) is 0 Å². The maximum absolute atomic E-state index is 3.97. The number of anilines is 3. The van der Waals surface area contributed by atoms with Gasteiger partial charge >= 0.3 is 0 Å². The van der Waals surface area contributed by atoms with E-state index in [1.54, 1.807) is 0 Å². The Morgan fingerprint density at radius 2 is 0.947 bits per heavy atom. The molecular weight excluding hydrogens is 695 g/mol. The van der Waals surface area contributed by atoms with E-state index < -0.39 is 0 Å². The van der Waals surface area contributed by atoms with Gasteiger partial charge in [-0.1, -0.05) is 164 Å². The molecule has 0 spiro atoms. The maximum atomic E-state index is 3.97. The van der Waals surface area contributed by atoms with Crippen molar-refractivity contribution in [2.75, 3.05) is 10.2 Å². The van der Waals surface area contributed by atoms with Gasteiger partial charge in [0.2, 0.25) is 0 Å². The Morgan fingerprint density at radius 3 is 1.72 bits per heavy atom. The molecule has 4 atom stereocenters. The fourth-order valence-electron chi connectivity index (χ4n) is 8.91. The number of hydrogen-bond donors (Lipinski definition) is 4. The van der Waals surface area contributed by atoms with E-state index in [0.717, 1.165) is 5.69 Å². The van der Waals surface area contributed by atoms with Crippen LogP contribution < -0.4 is 26.2 Å². The number of fused-ring (bicyclic) bond motifs is 6. The van der Waals surface area contributed by atoms with E-state index in [9.17, 15) is 0 Å². The lowest BCUT2D eigenvalue weighted by atomic mass is 9.95. The third-order valence-electron chi connectivity index (χ3n) is 11.7. The molecule has 5 nitrogen and oxygen atoms in total. The summed E-state index contributed by atoms with van der Waals surface area (Å²) in [6, 6.07) is 72.4. The van der Waals surface area contributed by atoms with Crippen LogP contribution in [0.2, 0.25) is 0 Å². The fraction of sp³-hybridized carbons (Fsp3) is 0.0769. The third-order valence-corrected chi connectivity index (χ3v) is 11.7. The van der Waals surface area contributed by atoms with Crippen LogP contribution in [-0.2, 0) is 0 Å². The quantitative estimate of drug-likeness (QED) is 0.128. The van der Waals surface area contributed by atoms with Gasteiger partial charge in [-0.15, -0.1) is 0 Å². The van der Waals surface area contributed by atoms with Gasteiger partial charge in [-0.2, -0.15) is 0 Å². The SMILES string of the molecule is c1ccc(C2NC(c3cccc(-c4ccc5c(ccc6ccc7c(c65)NC(c5ccccc5)N7c5ccccc5)c4)c3)NC(c3ccc4ccccc4c3)N2)cc1. The van der Waals surface area contributed by atoms with Gasteiger partial charge in [0, 0.05) is 11.1 Å². The Balaban J connectivity index is 0.958. The molecule has 0 saturated carbocycles. The van der Waals surface area contributed by atoms with Crippen LogP contribution in [0.25, 0.3) is 43.4 Å². The van der Waals surface area contributed by atoms with Gasteiger partial charge in [-0.3, -0.25) is 16.0 Å². The average Bonchev–Trinajstić information content (AvgIpc) is 3.69. The summed E-state index contributed by atoms with van der Waals surface area (Å²) in [5.74, 6) is 0. The van der Waals surface area contributed by atoms with Gasteiger partial charge in [0.1, 0.15) is 6.17 Å². The Morgan fingerprint density at radius 1 is 0.368 bits per heavy atom. The van der Waals surface area contributed by atoms with E-state index in [4.69, 9.17) is 0 Å². The highest BCUT2D eigenvalue weighted by Crippen LogP contribution is 2.50. The lowest BCUT2D eigenvalue weighted by Gasteiger charge is -2.39. The zero-order valence-corrected chi connectivity index (χ0v) is 31.3. The van der Waals surface area contributed by atoms with Crippen LogP contribution in [0.15, 0.2) is 200 Å². The van der Waals surface area contributed by atoms with Crippen molar-refractivity contribution in [2.24, 2.45) is 0 Å². The molecular formula is C52H41N5. The molecule has 4 N–H and O–H groups in total. The first kappa shape index (κ1) is 33.6. The fourth-order valence-corrected chi connectivity index (χ4v) is 8.91. The van der Waals surface area contributed by atoms with E-state index in [1.165, 1.54) is 77.1 Å². The number of rotatable bonds is 6. The summed E-state index contributed by atoms with van der Waals surface area (Å²) in [6.07, 6.45) is -0.207. The van der Waals surface area contributed by atoms with Crippen molar-refractivity contribution < 1.29 is 0 Å². The van der Waals surface area contributed by atoms with E-state index >= 15 is 0 Å². The molecule has 2 heterocycles. The van der Waals surface area contributed by atoms with Crippen LogP contribution in [0.5, 0.6) is 0 Å². The average molecular weight is 736 g/mol. The zero-order chi connectivity index (χ0) is 37.7. The monoisotopic (exact) mass is 735 g/mol. The van der Waals surface area contributed by atoms with Crippen LogP contribution >= 0.6 is 0 Å². The number of para-hydroxylation sites is 1. The maximum Gasteiger partial charge on any atom is 0.130 e. The van der Waals surface area contributed by atoms with Crippen LogP contribution in [-0.4, -0.2) is 0 Å². The standard InChI is InChI=1S/C52H41N5/c1-4-14-36(15-5-1)49-54-50(56-51(55-49)43-26-23-34-13-10-11-18-38(34)32-43)42-20-12-19-39(33-42)40-27-29-45-41(31-40)25-24-35-28-30-46-48(47(35)45)53-52(37-16-6-2-7-17-37)57(46)44-21-8-3-9-22-44/h1-33,49-56H. The summed E-state index contributed by atoms with van der Waals surface area (Å²) in [5, 5.41) is 23.0. The molecule has 4 unspecified atom stereocenters. The highest BCUT2D eigenvalue weighted by molar-refractivity contribution is 6.18. The molecule has 0 radical (unpaired) electrons. The van der Waals surface area contributed by atoms with Gasteiger partial charge in [0.05, 0.1) is 29.9 Å². The van der Waals surface area contributed by atoms with E-state index in [0.29, 0.717) is 0 Å². The Kier molecular flexibility index (Phi) is 8.29. The highest BCUT2D eigenvalue weighted by Gasteiger charge is 2.33. The van der Waals surface area contributed by atoms with Crippen LogP contribution in [0.1, 0.15) is 46.9 Å². The predicted molar refractivity (Wildman–Crippen MR) is 236 cm³/mol. The molecule has 9 aromatic carbocycles. The second kappa shape index (κ2) is 14.1. The van der Waals surface area contributed by atoms with Crippen molar-refractivity contribution in [2.45, 2.75) is 24.7 Å².